The predicted molar refractivity (Wildman–Crippen MR) is 415 cm³/mol. The lowest BCUT2D eigenvalue weighted by Gasteiger charge is -2.26. The molecule has 0 aliphatic heterocycles. The molecule has 4 aromatic rings. The van der Waals surface area contributed by atoms with Gasteiger partial charge in [-0.15, -0.1) is 0 Å². The second-order valence-corrected chi connectivity index (χ2v) is 27.9. The Morgan fingerprint density at radius 3 is 1.61 bits per heavy atom. The van der Waals surface area contributed by atoms with Crippen LogP contribution in [0.4, 0.5) is 5.69 Å². The number of nitrogens with two attached hydrogens (primary N) is 4. The number of carboxylic acid groups (broad SMARTS) is 5. The van der Waals surface area contributed by atoms with Crippen LogP contribution in [0.15, 0.2) is 72.9 Å². The molecule has 0 unspecified atom stereocenters. The van der Waals surface area contributed by atoms with Crippen molar-refractivity contribution in [3.05, 3.63) is 101 Å². The first-order chi connectivity index (χ1) is 57.2. The highest BCUT2D eigenvalue weighted by molar-refractivity contribution is 6.12. The summed E-state index contributed by atoms with van der Waals surface area (Å²) in [6.45, 7) is 3.00. The number of aromatic amines is 1. The molecule has 44 heteroatoms. The van der Waals surface area contributed by atoms with E-state index in [1.165, 1.54) is 13.1 Å². The highest BCUT2D eigenvalue weighted by Gasteiger charge is 2.39. The third kappa shape index (κ3) is 32.3. The summed E-state index contributed by atoms with van der Waals surface area (Å²) in [5.41, 5.74) is 24.4. The first kappa shape index (κ1) is 92.8. The number of H-pyrrole nitrogens is 1. The summed E-state index contributed by atoms with van der Waals surface area (Å²) in [7, 11) is 0. The van der Waals surface area contributed by atoms with E-state index < -0.39 is 273 Å². The number of fused-ring (bicyclic) bond motifs is 1. The van der Waals surface area contributed by atoms with Gasteiger partial charge in [-0.1, -0.05) is 69.3 Å². The van der Waals surface area contributed by atoms with E-state index in [-0.39, 0.29) is 54.3 Å². The molecule has 0 spiro atoms. The molecule has 648 valence electrons. The minimum atomic E-state index is -2.41. The Morgan fingerprint density at radius 1 is 0.504 bits per heavy atom. The Kier molecular flexibility index (Phi) is 37.1. The number of hydrogen-bond donors (Lipinski definition) is 24. The van der Waals surface area contributed by atoms with E-state index in [2.05, 4.69) is 26.3 Å². The van der Waals surface area contributed by atoms with Crippen molar-refractivity contribution in [2.24, 2.45) is 23.1 Å². The lowest BCUT2D eigenvalue weighted by Crippen LogP contribution is -2.61. The van der Waals surface area contributed by atoms with Crippen LogP contribution in [0.1, 0.15) is 142 Å². The molecule has 0 fully saturated rings. The van der Waals surface area contributed by atoms with Crippen molar-refractivity contribution in [1.82, 2.24) is 68.8 Å². The number of carboxylic acids is 5. The summed E-state index contributed by atoms with van der Waals surface area (Å²) < 4.78 is 25.9. The van der Waals surface area contributed by atoms with Gasteiger partial charge in [-0.2, -0.15) is 0 Å². The number of aliphatic hydroxyl groups is 2. The number of nitrogens with one attached hydrogen (secondary N) is 13. The molecular formula is C75H101N17O27. The van der Waals surface area contributed by atoms with Crippen LogP contribution < -0.4 is 86.7 Å². The van der Waals surface area contributed by atoms with Gasteiger partial charge >= 0.3 is 29.8 Å². The molecule has 0 aliphatic rings. The van der Waals surface area contributed by atoms with E-state index >= 15 is 0 Å². The van der Waals surface area contributed by atoms with Gasteiger partial charge in [-0.05, 0) is 92.8 Å². The Morgan fingerprint density at radius 2 is 1.03 bits per heavy atom. The molecule has 4 rings (SSSR count). The van der Waals surface area contributed by atoms with Crippen molar-refractivity contribution in [3.8, 4) is 0 Å². The first-order valence-electron chi connectivity index (χ1n) is 38.4. The Hall–Kier alpha value is -13.4. The Balaban J connectivity index is 1.44. The fourth-order valence-electron chi connectivity index (χ4n) is 11.6. The van der Waals surface area contributed by atoms with E-state index in [1.54, 1.807) is 24.3 Å². The number of rotatable bonds is 52. The molecule has 3 aromatic carbocycles. The third-order valence-electron chi connectivity index (χ3n) is 18.0. The number of aryl methyl sites for hydroxylation is 1. The predicted octanol–water partition coefficient (Wildman–Crippen LogP) is -6.07. The normalized spacial score (nSPS) is 14.7. The maximum atomic E-state index is 14.4. The number of aliphatic carboxylic acids is 5. The van der Waals surface area contributed by atoms with Crippen molar-refractivity contribution in [2.45, 2.75) is 190 Å². The van der Waals surface area contributed by atoms with Crippen LogP contribution in [0.5, 0.6) is 0 Å². The van der Waals surface area contributed by atoms with E-state index in [0.717, 1.165) is 43.2 Å². The van der Waals surface area contributed by atoms with E-state index in [1.807, 2.05) is 64.7 Å². The minimum absolute atomic E-state index is 0.146. The van der Waals surface area contributed by atoms with Crippen LogP contribution in [0.25, 0.3) is 10.9 Å². The van der Waals surface area contributed by atoms with Crippen LogP contribution in [0.2, 0.25) is 4.24 Å². The number of carbonyl (C=O) groups is 20. The molecule has 44 nitrogen and oxygen atoms in total. The van der Waals surface area contributed by atoms with Gasteiger partial charge in [-0.25, -0.2) is 0 Å². The summed E-state index contributed by atoms with van der Waals surface area (Å²) in [6.07, 6.45) is -7.50. The van der Waals surface area contributed by atoms with Crippen LogP contribution in [0, 0.1) is 5.92 Å². The van der Waals surface area contributed by atoms with Crippen molar-refractivity contribution in [2.75, 3.05) is 32.0 Å². The average Bonchev–Trinajstić information content (AvgIpc) is 0.984. The molecule has 28 N–H and O–H groups in total. The smallest absolute Gasteiger partial charge is 0.320 e. The number of para-hydroxylation sites is 2. The summed E-state index contributed by atoms with van der Waals surface area (Å²) in [5, 5.41) is 88.2. The summed E-state index contributed by atoms with van der Waals surface area (Å²) >= 11 is 0. The van der Waals surface area contributed by atoms with E-state index in [4.69, 9.17) is 27.2 Å². The number of nitrogen functional groups attached to an aromatic ring is 1. The number of aromatic nitrogens is 1. The number of Topliss-reactive ketones (excluding diaryl/α,β-unsaturated/α-hetero) is 2. The number of aliphatic hydroxyl groups excluding tert-OH is 2. The van der Waals surface area contributed by atoms with E-state index in [0.29, 0.717) is 28.2 Å². The first-order valence-corrected chi connectivity index (χ1v) is 37.1. The van der Waals surface area contributed by atoms with Gasteiger partial charge in [0, 0.05) is 47.5 Å². The molecule has 13 atom stereocenters. The molecule has 1 heterocycles. The molecule has 0 bridgehead atoms. The average molecular weight is 1680 g/mol. The van der Waals surface area contributed by atoms with Gasteiger partial charge in [0.25, 0.3) is 0 Å². The molecule has 0 radical (unpaired) electrons. The molecule has 13 amide bonds. The number of primary amides is 1. The monoisotopic (exact) mass is 1670 g/mol. The third-order valence-corrected chi connectivity index (χ3v) is 18.0. The lowest BCUT2D eigenvalue weighted by atomic mass is 9.88. The molecule has 0 aliphatic carbocycles. The highest BCUT2D eigenvalue weighted by atomic mass is 16.4. The lowest BCUT2D eigenvalue weighted by molar-refractivity contribution is -0.142. The SMILES string of the molecule is [2H]N(CC(=O)N[C@@H](CO)C(=O)N[C@H](C(=O)c1cccc(C(=O)C[C@H](N)C(=O)O)c1N)[C@H](C)CC(=O)O)C(=O)[C@H](CC(=O)O)NC(=O)[C@H](C)NC(=O)[C@H](CC(=O)O)N([2H])C(=O)[C@H](CCCN)NC(=O)CNC(=O)[C@@H](NC(=O)[C@H](CC(=O)O)NC(=O)[C@H](CC(N)=O)NC(=O)[C@H](Cc1c[nH]c2ccccc12)N([2H])C(=O)CCCc1ccc(C(C)C)cc1)[C@@H](C)O. The van der Waals surface area contributed by atoms with Gasteiger partial charge in [-0.3, -0.25) is 95.9 Å². The zero-order valence-electron chi connectivity index (χ0n) is 68.3. The van der Waals surface area contributed by atoms with Crippen molar-refractivity contribution >= 4 is 135 Å². The number of anilines is 1. The maximum absolute atomic E-state index is 14.4. The fraction of sp³-hybridized carbons (Fsp3) is 0.467. The standard InChI is InChI=1S/C75H101N17O27/c1-34(2)39-20-18-38(19-21-39)11-8-17-55(97)85-47(24-40-30-80-45-15-7-6-12-41(40)45)70(113)88-48(26-54(78)96)71(114)90-51(29-61(106)107)72(115)92-64(37(5)94)74(117)82-32-56(98)84-46(16-10-22-76)68(111)89-50(28-60(104)105)69(112)83-36(4)66(109)87-49(27-59(102)103)67(110)81-31-57(99)86-52(33-93)73(116)91-63(35(3)23-58(100)101)65(108)43-14-9-13-42(62(43)79)53(95)25-44(77)75(118)119/h6-7,9,12-15,18-21,30,34-37,44,46-52,63-64,80,93-94H,8,10-11,16-17,22-29,31-33,76-77,79H2,1-5H3,(H2,78,96)(H,81,110)(H,82,117)(H,83,112)(H,84,98)(H,85,97)(H,86,99)(H,87,109)(H,88,113)(H,89,111)(H,90,114)(H,91,116)(H,92,115)(H,100,101)(H,102,103)(H,104,105)(H,106,107)(H,118,119)/t35-,36+,37-,44+,46+,47+,48+,49+,50+,51+,52+,63+,64+/m1/s1/i/hD3. The molecule has 0 saturated heterocycles. The summed E-state index contributed by atoms with van der Waals surface area (Å²) in [4.78, 5) is 267. The minimum Gasteiger partial charge on any atom is -0.481 e. The quantitative estimate of drug-likeness (QED) is 0.0145. The number of benzene rings is 3. The highest BCUT2D eigenvalue weighted by Crippen LogP contribution is 2.25. The second kappa shape index (κ2) is 47.6. The largest absolute Gasteiger partial charge is 0.481 e. The number of ketones is 2. The van der Waals surface area contributed by atoms with Crippen molar-refractivity contribution < 1.29 is 136 Å². The number of amides is 13. The molecule has 0 saturated carbocycles. The van der Waals surface area contributed by atoms with Crippen LogP contribution in [0.3, 0.4) is 0 Å². The van der Waals surface area contributed by atoms with Crippen LogP contribution >= 0.6 is 0 Å². The van der Waals surface area contributed by atoms with Gasteiger partial charge in [0.2, 0.25) is 76.8 Å². The van der Waals surface area contributed by atoms with Crippen LogP contribution in [-0.2, 0) is 99.1 Å². The molecule has 119 heavy (non-hydrogen) atoms. The number of carbonyl (C=O) groups excluding carboxylic acids is 15. The van der Waals surface area contributed by atoms with Gasteiger partial charge in [0.1, 0.15) is 60.4 Å². The van der Waals surface area contributed by atoms with Gasteiger partial charge in [0.15, 0.2) is 15.8 Å². The number of hydrogen-bond acceptors (Lipinski definition) is 25. The second-order valence-electron chi connectivity index (χ2n) is 27.9. The summed E-state index contributed by atoms with van der Waals surface area (Å²) in [6, 6.07) is -4.31. The molecular weight excluding hydrogens is 1570 g/mol. The Bertz CT molecular complexity index is 4530. The van der Waals surface area contributed by atoms with Crippen molar-refractivity contribution in [3.63, 3.8) is 0 Å². The van der Waals surface area contributed by atoms with Gasteiger partial charge < -0.3 is 127 Å². The van der Waals surface area contributed by atoms with Gasteiger partial charge in [0.05, 0.1) is 69.6 Å². The zero-order chi connectivity index (χ0) is 91.9. The zero-order valence-corrected chi connectivity index (χ0v) is 65.3. The summed E-state index contributed by atoms with van der Waals surface area (Å²) in [5.74, 6) is -29.5. The van der Waals surface area contributed by atoms with Crippen molar-refractivity contribution in [1.29, 1.82) is 0 Å². The van der Waals surface area contributed by atoms with Crippen LogP contribution in [-0.4, -0.2) is 258 Å². The molecule has 1 aromatic heterocycles. The Labute approximate surface area is 683 Å². The maximum Gasteiger partial charge on any atom is 0.320 e. The van der Waals surface area contributed by atoms with E-state index in [9.17, 15) is 132 Å². The topological polar surface area (TPSA) is 747 Å². The fourth-order valence-corrected chi connectivity index (χ4v) is 11.6.